The minimum atomic E-state index is -2.65. The van der Waals surface area contributed by atoms with Crippen LogP contribution < -0.4 is 0 Å². The van der Waals surface area contributed by atoms with Crippen LogP contribution in [0.1, 0.15) is 10.5 Å². The second kappa shape index (κ2) is 6.38. The molecule has 0 fully saturated rings. The fraction of sp³-hybridized carbons (Fsp3) is 0.286. The number of hydrogen-bond donors (Lipinski definition) is 1. The number of benzene rings is 1. The minimum Gasteiger partial charge on any atom is -0.395 e. The summed E-state index contributed by atoms with van der Waals surface area (Å²) in [5, 5.41) is 9.73. The van der Waals surface area contributed by atoms with Gasteiger partial charge < -0.3 is 10.0 Å². The standard InChI is InChI=1S/C14H14F2N2O2/c15-13(16)9-18(7-8-19)14(20)12-6-5-10-3-1-2-4-11(10)17-12/h1-6,13,19H,7-9H2. The van der Waals surface area contributed by atoms with Crippen molar-refractivity contribution in [3.63, 3.8) is 0 Å². The lowest BCUT2D eigenvalue weighted by atomic mass is 10.2. The molecule has 0 aliphatic rings. The Kier molecular flexibility index (Phi) is 4.57. The topological polar surface area (TPSA) is 53.4 Å². The average molecular weight is 280 g/mol. The number of alkyl halides is 2. The zero-order chi connectivity index (χ0) is 14.5. The molecule has 0 aliphatic heterocycles. The molecule has 6 heteroatoms. The van der Waals surface area contributed by atoms with Crippen LogP contribution in [0.15, 0.2) is 36.4 Å². The van der Waals surface area contributed by atoms with Crippen LogP contribution in [0.25, 0.3) is 10.9 Å². The summed E-state index contributed by atoms with van der Waals surface area (Å²) in [6.45, 7) is -1.22. The van der Waals surface area contributed by atoms with Gasteiger partial charge in [0, 0.05) is 11.9 Å². The van der Waals surface area contributed by atoms with Crippen LogP contribution >= 0.6 is 0 Å². The first-order chi connectivity index (χ1) is 9.61. The van der Waals surface area contributed by atoms with Gasteiger partial charge in [-0.25, -0.2) is 13.8 Å². The van der Waals surface area contributed by atoms with E-state index in [0.29, 0.717) is 5.52 Å². The Balaban J connectivity index is 2.28. The van der Waals surface area contributed by atoms with Gasteiger partial charge in [-0.2, -0.15) is 0 Å². The zero-order valence-electron chi connectivity index (χ0n) is 10.7. The van der Waals surface area contributed by atoms with Crippen molar-refractivity contribution in [3.8, 4) is 0 Å². The van der Waals surface area contributed by atoms with Crippen LogP contribution in [-0.2, 0) is 0 Å². The van der Waals surface area contributed by atoms with E-state index in [-0.39, 0.29) is 18.8 Å². The van der Waals surface area contributed by atoms with Gasteiger partial charge in [-0.3, -0.25) is 4.79 Å². The summed E-state index contributed by atoms with van der Waals surface area (Å²) in [6.07, 6.45) is -2.65. The van der Waals surface area contributed by atoms with Crippen molar-refractivity contribution in [2.75, 3.05) is 19.7 Å². The molecule has 0 saturated heterocycles. The van der Waals surface area contributed by atoms with Crippen molar-refractivity contribution in [3.05, 3.63) is 42.1 Å². The highest BCUT2D eigenvalue weighted by atomic mass is 19.3. The number of para-hydroxylation sites is 1. The van der Waals surface area contributed by atoms with Crippen LogP contribution in [0.5, 0.6) is 0 Å². The van der Waals surface area contributed by atoms with Crippen molar-refractivity contribution in [1.29, 1.82) is 0 Å². The summed E-state index contributed by atoms with van der Waals surface area (Å²) < 4.78 is 24.9. The van der Waals surface area contributed by atoms with Gasteiger partial charge in [0.1, 0.15) is 5.69 Å². The summed E-state index contributed by atoms with van der Waals surface area (Å²) in [4.78, 5) is 17.2. The van der Waals surface area contributed by atoms with Crippen LogP contribution in [-0.4, -0.2) is 47.0 Å². The molecule has 0 spiro atoms. The Bertz CT molecular complexity index is 604. The molecule has 106 valence electrons. The maximum absolute atomic E-state index is 12.4. The number of aliphatic hydroxyl groups excluding tert-OH is 1. The number of aromatic nitrogens is 1. The summed E-state index contributed by atoms with van der Waals surface area (Å²) in [5.41, 5.74) is 0.720. The second-order valence-corrected chi connectivity index (χ2v) is 4.26. The van der Waals surface area contributed by atoms with Gasteiger partial charge in [0.15, 0.2) is 0 Å². The van der Waals surface area contributed by atoms with Crippen molar-refractivity contribution >= 4 is 16.8 Å². The molecule has 0 unspecified atom stereocenters. The van der Waals surface area contributed by atoms with Crippen LogP contribution in [0.3, 0.4) is 0 Å². The predicted molar refractivity (Wildman–Crippen MR) is 70.7 cm³/mol. The van der Waals surface area contributed by atoms with Gasteiger partial charge >= 0.3 is 0 Å². The van der Waals surface area contributed by atoms with E-state index in [1.54, 1.807) is 18.2 Å². The third kappa shape index (κ3) is 3.27. The largest absolute Gasteiger partial charge is 0.395 e. The molecule has 2 rings (SSSR count). The van der Waals surface area contributed by atoms with Gasteiger partial charge in [0.2, 0.25) is 0 Å². The number of amides is 1. The van der Waals surface area contributed by atoms with E-state index in [2.05, 4.69) is 4.98 Å². The summed E-state index contributed by atoms with van der Waals surface area (Å²) in [7, 11) is 0. The first kappa shape index (κ1) is 14.3. The van der Waals surface area contributed by atoms with Gasteiger partial charge in [-0.05, 0) is 12.1 Å². The Hall–Kier alpha value is -2.08. The number of pyridine rings is 1. The molecule has 0 bridgehead atoms. The fourth-order valence-electron chi connectivity index (χ4n) is 1.91. The Labute approximate surface area is 114 Å². The van der Waals surface area contributed by atoms with E-state index >= 15 is 0 Å². The second-order valence-electron chi connectivity index (χ2n) is 4.26. The van der Waals surface area contributed by atoms with Gasteiger partial charge in [0.05, 0.1) is 18.7 Å². The predicted octanol–water partition coefficient (Wildman–Crippen LogP) is 1.93. The zero-order valence-corrected chi connectivity index (χ0v) is 10.7. The highest BCUT2D eigenvalue weighted by molar-refractivity contribution is 5.94. The molecule has 0 saturated carbocycles. The quantitative estimate of drug-likeness (QED) is 0.910. The number of nitrogens with zero attached hydrogens (tertiary/aromatic N) is 2. The molecule has 1 aromatic heterocycles. The molecule has 1 aromatic carbocycles. The molecule has 0 radical (unpaired) electrons. The number of carbonyl (C=O) groups is 1. The molecule has 2 aromatic rings. The normalized spacial score (nSPS) is 11.0. The summed E-state index contributed by atoms with van der Waals surface area (Å²) in [6, 6.07) is 10.4. The number of rotatable bonds is 5. The van der Waals surface area contributed by atoms with E-state index in [1.165, 1.54) is 6.07 Å². The highest BCUT2D eigenvalue weighted by Gasteiger charge is 2.20. The van der Waals surface area contributed by atoms with Crippen LogP contribution in [0.4, 0.5) is 8.78 Å². The number of aliphatic hydroxyl groups is 1. The first-order valence-electron chi connectivity index (χ1n) is 6.16. The van der Waals surface area contributed by atoms with Crippen molar-refractivity contribution in [2.24, 2.45) is 0 Å². The van der Waals surface area contributed by atoms with Crippen molar-refractivity contribution < 1.29 is 18.7 Å². The SMILES string of the molecule is O=C(c1ccc2ccccc2n1)N(CCO)CC(F)F. The number of halogens is 2. The third-order valence-electron chi connectivity index (χ3n) is 2.83. The van der Waals surface area contributed by atoms with E-state index < -0.39 is 18.9 Å². The van der Waals surface area contributed by atoms with E-state index in [1.807, 2.05) is 12.1 Å². The molecule has 0 atom stereocenters. The average Bonchev–Trinajstić information content (AvgIpc) is 2.45. The molecule has 20 heavy (non-hydrogen) atoms. The van der Waals surface area contributed by atoms with E-state index in [4.69, 9.17) is 5.11 Å². The number of fused-ring (bicyclic) bond motifs is 1. The summed E-state index contributed by atoms with van der Waals surface area (Å²) >= 11 is 0. The van der Waals surface area contributed by atoms with Crippen LogP contribution in [0.2, 0.25) is 0 Å². The lowest BCUT2D eigenvalue weighted by Crippen LogP contribution is -2.37. The third-order valence-corrected chi connectivity index (χ3v) is 2.83. The van der Waals surface area contributed by atoms with Gasteiger partial charge in [-0.1, -0.05) is 24.3 Å². The van der Waals surface area contributed by atoms with E-state index in [0.717, 1.165) is 10.3 Å². The number of hydrogen-bond acceptors (Lipinski definition) is 3. The molecule has 1 amide bonds. The molecule has 0 aliphatic carbocycles. The highest BCUT2D eigenvalue weighted by Crippen LogP contribution is 2.13. The Morgan fingerprint density at radius 1 is 1.25 bits per heavy atom. The van der Waals surface area contributed by atoms with Crippen molar-refractivity contribution in [2.45, 2.75) is 6.43 Å². The minimum absolute atomic E-state index is 0.0952. The van der Waals surface area contributed by atoms with Crippen molar-refractivity contribution in [1.82, 2.24) is 9.88 Å². The van der Waals surface area contributed by atoms with Gasteiger partial charge in [-0.15, -0.1) is 0 Å². The molecule has 1 heterocycles. The molecule has 4 nitrogen and oxygen atoms in total. The molecular weight excluding hydrogens is 266 g/mol. The first-order valence-corrected chi connectivity index (χ1v) is 6.16. The fourth-order valence-corrected chi connectivity index (χ4v) is 1.91. The lowest BCUT2D eigenvalue weighted by molar-refractivity contribution is 0.0504. The Morgan fingerprint density at radius 2 is 2.00 bits per heavy atom. The van der Waals surface area contributed by atoms with Crippen LogP contribution in [0, 0.1) is 0 Å². The summed E-state index contributed by atoms with van der Waals surface area (Å²) in [5.74, 6) is -0.606. The maximum atomic E-state index is 12.4. The smallest absolute Gasteiger partial charge is 0.272 e. The van der Waals surface area contributed by atoms with Gasteiger partial charge in [0.25, 0.3) is 12.3 Å². The molecule has 1 N–H and O–H groups in total. The Morgan fingerprint density at radius 3 is 2.70 bits per heavy atom. The molecular formula is C14H14F2N2O2. The maximum Gasteiger partial charge on any atom is 0.272 e. The lowest BCUT2D eigenvalue weighted by Gasteiger charge is -2.20. The monoisotopic (exact) mass is 280 g/mol. The van der Waals surface area contributed by atoms with E-state index in [9.17, 15) is 13.6 Å². The number of carbonyl (C=O) groups excluding carboxylic acids is 1.